The molecule has 1 aliphatic heterocycles. The topological polar surface area (TPSA) is 87.3 Å². The van der Waals surface area contributed by atoms with Crippen LogP contribution in [-0.4, -0.2) is 52.9 Å². The van der Waals surface area contributed by atoms with Gasteiger partial charge in [-0.2, -0.15) is 0 Å². The molecule has 32 heavy (non-hydrogen) atoms. The first-order valence-electron chi connectivity index (χ1n) is 11.0. The molecule has 4 rings (SSSR count). The molecule has 1 fully saturated rings. The van der Waals surface area contributed by atoms with Crippen molar-refractivity contribution in [2.24, 2.45) is 0 Å². The number of carbonyl (C=O) groups excluding carboxylic acids is 2. The van der Waals surface area contributed by atoms with E-state index in [0.29, 0.717) is 41.1 Å². The maximum atomic E-state index is 13.3. The second kappa shape index (κ2) is 10.3. The number of hydrogen-bond donors (Lipinski definition) is 2. The number of H-pyrrole nitrogens is 1. The van der Waals surface area contributed by atoms with E-state index in [-0.39, 0.29) is 24.2 Å². The Morgan fingerprint density at radius 1 is 1.09 bits per heavy atom. The van der Waals surface area contributed by atoms with Crippen LogP contribution in [-0.2, 0) is 11.2 Å². The standard InChI is InChI=1S/C24H27FN4O3/c25-17-9-10-19-20(15-17)28-22(27-19)11-12-26-24(31)18-7-3-4-8-21(18)32-16-23(30)29-13-5-1-2-6-14-29/h3-4,7-10,15H,1-2,5-6,11-14,16H2,(H,26,31)(H,27,28). The fraction of sp³-hybridized carbons (Fsp3) is 0.375. The lowest BCUT2D eigenvalue weighted by Gasteiger charge is -2.20. The monoisotopic (exact) mass is 438 g/mol. The smallest absolute Gasteiger partial charge is 0.260 e. The molecule has 1 aromatic heterocycles. The third-order valence-electron chi connectivity index (χ3n) is 5.58. The summed E-state index contributed by atoms with van der Waals surface area (Å²) in [5.41, 5.74) is 1.68. The van der Waals surface area contributed by atoms with Crippen molar-refractivity contribution in [3.63, 3.8) is 0 Å². The van der Waals surface area contributed by atoms with E-state index in [4.69, 9.17) is 4.74 Å². The van der Waals surface area contributed by atoms with E-state index in [9.17, 15) is 14.0 Å². The number of likely N-dealkylation sites (tertiary alicyclic amines) is 1. The van der Waals surface area contributed by atoms with E-state index in [1.807, 2.05) is 4.90 Å². The molecule has 2 aromatic carbocycles. The highest BCUT2D eigenvalue weighted by Gasteiger charge is 2.18. The van der Waals surface area contributed by atoms with Gasteiger partial charge in [-0.05, 0) is 43.2 Å². The number of benzene rings is 2. The van der Waals surface area contributed by atoms with Gasteiger partial charge in [-0.25, -0.2) is 9.37 Å². The molecule has 168 valence electrons. The molecule has 2 heterocycles. The van der Waals surface area contributed by atoms with Crippen LogP contribution in [0.2, 0.25) is 0 Å². The molecule has 0 saturated carbocycles. The van der Waals surface area contributed by atoms with E-state index in [2.05, 4.69) is 15.3 Å². The van der Waals surface area contributed by atoms with Crippen molar-refractivity contribution in [3.05, 3.63) is 59.7 Å². The Balaban J connectivity index is 1.31. The van der Waals surface area contributed by atoms with Crippen molar-refractivity contribution in [1.29, 1.82) is 0 Å². The Kier molecular flexibility index (Phi) is 6.99. The van der Waals surface area contributed by atoms with Crippen LogP contribution < -0.4 is 10.1 Å². The van der Waals surface area contributed by atoms with Crippen LogP contribution >= 0.6 is 0 Å². The number of ether oxygens (including phenoxy) is 1. The molecule has 8 heteroatoms. The molecule has 2 N–H and O–H groups in total. The summed E-state index contributed by atoms with van der Waals surface area (Å²) in [4.78, 5) is 34.5. The van der Waals surface area contributed by atoms with E-state index >= 15 is 0 Å². The van der Waals surface area contributed by atoms with Crippen LogP contribution in [0.25, 0.3) is 11.0 Å². The van der Waals surface area contributed by atoms with Crippen molar-refractivity contribution in [1.82, 2.24) is 20.2 Å². The first-order valence-corrected chi connectivity index (χ1v) is 11.0. The van der Waals surface area contributed by atoms with Crippen LogP contribution in [0, 0.1) is 5.82 Å². The van der Waals surface area contributed by atoms with Crippen molar-refractivity contribution < 1.29 is 18.7 Å². The summed E-state index contributed by atoms with van der Waals surface area (Å²) in [6, 6.07) is 11.3. The first-order chi connectivity index (χ1) is 15.6. The van der Waals surface area contributed by atoms with Gasteiger partial charge in [-0.3, -0.25) is 9.59 Å². The zero-order valence-corrected chi connectivity index (χ0v) is 17.9. The maximum Gasteiger partial charge on any atom is 0.260 e. The Morgan fingerprint density at radius 3 is 2.69 bits per heavy atom. The van der Waals surface area contributed by atoms with Crippen LogP contribution in [0.15, 0.2) is 42.5 Å². The van der Waals surface area contributed by atoms with Gasteiger partial charge in [0.15, 0.2) is 6.61 Å². The second-order valence-electron chi connectivity index (χ2n) is 7.93. The quantitative estimate of drug-likeness (QED) is 0.592. The number of aromatic nitrogens is 2. The van der Waals surface area contributed by atoms with Crippen molar-refractivity contribution in [2.45, 2.75) is 32.1 Å². The number of para-hydroxylation sites is 1. The third-order valence-corrected chi connectivity index (χ3v) is 5.58. The Morgan fingerprint density at radius 2 is 1.88 bits per heavy atom. The van der Waals surface area contributed by atoms with E-state index < -0.39 is 0 Å². The summed E-state index contributed by atoms with van der Waals surface area (Å²) >= 11 is 0. The fourth-order valence-corrected chi connectivity index (χ4v) is 3.87. The van der Waals surface area contributed by atoms with E-state index in [0.717, 1.165) is 38.8 Å². The molecule has 0 unspecified atom stereocenters. The normalized spacial score (nSPS) is 14.2. The summed E-state index contributed by atoms with van der Waals surface area (Å²) in [5.74, 6) is 0.381. The minimum Gasteiger partial charge on any atom is -0.483 e. The number of amides is 2. The van der Waals surface area contributed by atoms with Gasteiger partial charge in [0.05, 0.1) is 16.6 Å². The molecule has 0 bridgehead atoms. The highest BCUT2D eigenvalue weighted by Crippen LogP contribution is 2.19. The second-order valence-corrected chi connectivity index (χ2v) is 7.93. The SMILES string of the molecule is O=C(NCCc1nc2ccc(F)cc2[nH]1)c1ccccc1OCC(=O)N1CCCCCC1. The first kappa shape index (κ1) is 21.8. The third kappa shape index (κ3) is 5.43. The lowest BCUT2D eigenvalue weighted by molar-refractivity contribution is -0.133. The van der Waals surface area contributed by atoms with Gasteiger partial charge < -0.3 is 19.9 Å². The number of carbonyl (C=O) groups is 2. The lowest BCUT2D eigenvalue weighted by Crippen LogP contribution is -2.35. The number of hydrogen-bond acceptors (Lipinski definition) is 4. The number of nitrogens with zero attached hydrogens (tertiary/aromatic N) is 2. The van der Waals surface area contributed by atoms with Crippen molar-refractivity contribution in [3.8, 4) is 5.75 Å². The molecule has 2 amide bonds. The maximum absolute atomic E-state index is 13.3. The molecular formula is C24H27FN4O3. The number of imidazole rings is 1. The number of rotatable bonds is 7. The van der Waals surface area contributed by atoms with Gasteiger partial charge in [0.1, 0.15) is 17.4 Å². The number of aromatic amines is 1. The summed E-state index contributed by atoms with van der Waals surface area (Å²) in [6.45, 7) is 1.79. The van der Waals surface area contributed by atoms with Gasteiger partial charge in [-0.15, -0.1) is 0 Å². The predicted molar refractivity (Wildman–Crippen MR) is 119 cm³/mol. The zero-order valence-electron chi connectivity index (χ0n) is 17.9. The van der Waals surface area contributed by atoms with E-state index in [1.54, 1.807) is 30.3 Å². The summed E-state index contributed by atoms with van der Waals surface area (Å²) in [7, 11) is 0. The van der Waals surface area contributed by atoms with Crippen LogP contribution in [0.1, 0.15) is 41.9 Å². The van der Waals surface area contributed by atoms with Crippen LogP contribution in [0.5, 0.6) is 5.75 Å². The zero-order chi connectivity index (χ0) is 22.3. The molecule has 7 nitrogen and oxygen atoms in total. The number of halogens is 1. The number of nitrogens with one attached hydrogen (secondary N) is 2. The Bertz CT molecular complexity index is 1090. The van der Waals surface area contributed by atoms with Gasteiger partial charge in [-0.1, -0.05) is 25.0 Å². The minimum atomic E-state index is -0.327. The van der Waals surface area contributed by atoms with Gasteiger partial charge in [0.25, 0.3) is 11.8 Å². The molecule has 0 radical (unpaired) electrons. The highest BCUT2D eigenvalue weighted by molar-refractivity contribution is 5.97. The van der Waals surface area contributed by atoms with Gasteiger partial charge in [0, 0.05) is 26.1 Å². The van der Waals surface area contributed by atoms with Gasteiger partial charge >= 0.3 is 0 Å². The molecule has 1 saturated heterocycles. The lowest BCUT2D eigenvalue weighted by atomic mass is 10.2. The largest absolute Gasteiger partial charge is 0.483 e. The average Bonchev–Trinajstić information content (AvgIpc) is 3.00. The molecular weight excluding hydrogens is 411 g/mol. The van der Waals surface area contributed by atoms with Crippen molar-refractivity contribution >= 4 is 22.8 Å². The van der Waals surface area contributed by atoms with Crippen LogP contribution in [0.3, 0.4) is 0 Å². The Labute approximate surface area is 186 Å². The molecule has 0 spiro atoms. The molecule has 1 aliphatic rings. The summed E-state index contributed by atoms with van der Waals surface area (Å²) in [5, 5.41) is 2.85. The summed E-state index contributed by atoms with van der Waals surface area (Å²) in [6.07, 6.45) is 4.81. The van der Waals surface area contributed by atoms with Gasteiger partial charge in [0.2, 0.25) is 0 Å². The summed E-state index contributed by atoms with van der Waals surface area (Å²) < 4.78 is 19.0. The Hall–Kier alpha value is -3.42. The molecule has 0 atom stereocenters. The predicted octanol–water partition coefficient (Wildman–Crippen LogP) is 3.46. The van der Waals surface area contributed by atoms with Crippen LogP contribution in [0.4, 0.5) is 4.39 Å². The minimum absolute atomic E-state index is 0.0524. The molecule has 3 aromatic rings. The highest BCUT2D eigenvalue weighted by atomic mass is 19.1. The average molecular weight is 439 g/mol. The fourth-order valence-electron chi connectivity index (χ4n) is 3.87. The number of fused-ring (bicyclic) bond motifs is 1. The van der Waals surface area contributed by atoms with Crippen molar-refractivity contribution in [2.75, 3.05) is 26.2 Å². The van der Waals surface area contributed by atoms with E-state index in [1.165, 1.54) is 12.1 Å². The molecule has 0 aliphatic carbocycles.